The summed E-state index contributed by atoms with van der Waals surface area (Å²) in [6.45, 7) is 5.11. The summed E-state index contributed by atoms with van der Waals surface area (Å²) in [6, 6.07) is 2.28. The molecule has 3 heterocycles. The Balaban J connectivity index is 1.90. The number of furan rings is 1. The number of nitrogens with one attached hydrogen (secondary N) is 1. The summed E-state index contributed by atoms with van der Waals surface area (Å²) in [7, 11) is 0. The molecule has 0 aliphatic carbocycles. The minimum absolute atomic E-state index is 0.312. The van der Waals surface area contributed by atoms with E-state index in [1.807, 2.05) is 13.0 Å². The van der Waals surface area contributed by atoms with Crippen LogP contribution in [-0.4, -0.2) is 22.7 Å². The topological polar surface area (TPSA) is 64.1 Å². The molecule has 1 saturated heterocycles. The third-order valence-electron chi connectivity index (χ3n) is 3.35. The summed E-state index contributed by atoms with van der Waals surface area (Å²) in [5, 5.41) is 7.36. The fourth-order valence-corrected chi connectivity index (χ4v) is 2.28. The summed E-state index contributed by atoms with van der Waals surface area (Å²) in [5.74, 6) is 2.25. The molecule has 1 N–H and O–H groups in total. The number of nitrogens with zero attached hydrogens (tertiary/aromatic N) is 2. The van der Waals surface area contributed by atoms with Gasteiger partial charge in [0.05, 0.1) is 12.2 Å². The summed E-state index contributed by atoms with van der Waals surface area (Å²) in [4.78, 5) is 4.43. The molecule has 0 saturated carbocycles. The van der Waals surface area contributed by atoms with Gasteiger partial charge in [-0.05, 0) is 38.4 Å². The van der Waals surface area contributed by atoms with Gasteiger partial charge < -0.3 is 14.3 Å². The standard InChI is InChI=1S/C12H15N3O2/c1-7-4-6-16-10(7)11-14-12(17-15-11)9-3-5-13-8(9)2/h4,6,8-9,13H,3,5H2,1-2H3. The molecule has 5 nitrogen and oxygen atoms in total. The summed E-state index contributed by atoms with van der Waals surface area (Å²) in [6.07, 6.45) is 2.68. The van der Waals surface area contributed by atoms with E-state index in [9.17, 15) is 0 Å². The van der Waals surface area contributed by atoms with Crippen molar-refractivity contribution in [2.75, 3.05) is 6.54 Å². The molecule has 5 heteroatoms. The first-order valence-electron chi connectivity index (χ1n) is 5.87. The second-order valence-corrected chi connectivity index (χ2v) is 4.53. The fraction of sp³-hybridized carbons (Fsp3) is 0.500. The zero-order valence-electron chi connectivity index (χ0n) is 9.93. The highest BCUT2D eigenvalue weighted by Crippen LogP contribution is 2.28. The molecule has 0 aromatic carbocycles. The van der Waals surface area contributed by atoms with Crippen LogP contribution in [-0.2, 0) is 0 Å². The molecule has 3 rings (SSSR count). The highest BCUT2D eigenvalue weighted by molar-refractivity contribution is 5.51. The molecule has 0 amide bonds. The van der Waals surface area contributed by atoms with E-state index >= 15 is 0 Å². The van der Waals surface area contributed by atoms with Gasteiger partial charge in [0.15, 0.2) is 5.76 Å². The van der Waals surface area contributed by atoms with Crippen molar-refractivity contribution in [3.8, 4) is 11.6 Å². The molecular formula is C12H15N3O2. The van der Waals surface area contributed by atoms with Crippen molar-refractivity contribution in [3.63, 3.8) is 0 Å². The second kappa shape index (κ2) is 4.00. The van der Waals surface area contributed by atoms with Crippen LogP contribution < -0.4 is 5.32 Å². The van der Waals surface area contributed by atoms with Gasteiger partial charge in [-0.1, -0.05) is 5.16 Å². The predicted octanol–water partition coefficient (Wildman–Crippen LogP) is 2.10. The minimum Gasteiger partial charge on any atom is -0.461 e. The number of aryl methyl sites for hydroxylation is 1. The number of rotatable bonds is 2. The van der Waals surface area contributed by atoms with E-state index < -0.39 is 0 Å². The van der Waals surface area contributed by atoms with E-state index in [-0.39, 0.29) is 0 Å². The highest BCUT2D eigenvalue weighted by Gasteiger charge is 2.30. The first-order valence-corrected chi connectivity index (χ1v) is 5.87. The van der Waals surface area contributed by atoms with Gasteiger partial charge >= 0.3 is 0 Å². The lowest BCUT2D eigenvalue weighted by Crippen LogP contribution is -2.21. The van der Waals surface area contributed by atoms with E-state index in [1.165, 1.54) is 0 Å². The van der Waals surface area contributed by atoms with Crippen LogP contribution in [0.5, 0.6) is 0 Å². The van der Waals surface area contributed by atoms with E-state index in [1.54, 1.807) is 6.26 Å². The van der Waals surface area contributed by atoms with Crippen LogP contribution in [0.4, 0.5) is 0 Å². The molecule has 0 bridgehead atoms. The molecule has 2 aromatic rings. The third-order valence-corrected chi connectivity index (χ3v) is 3.35. The maximum atomic E-state index is 5.35. The van der Waals surface area contributed by atoms with Crippen LogP contribution in [0.2, 0.25) is 0 Å². The van der Waals surface area contributed by atoms with Gasteiger partial charge in [-0.15, -0.1) is 0 Å². The van der Waals surface area contributed by atoms with E-state index in [4.69, 9.17) is 8.94 Å². The van der Waals surface area contributed by atoms with Gasteiger partial charge in [0.1, 0.15) is 0 Å². The van der Waals surface area contributed by atoms with Gasteiger partial charge in [0.25, 0.3) is 0 Å². The third kappa shape index (κ3) is 1.76. The average molecular weight is 233 g/mol. The van der Waals surface area contributed by atoms with Gasteiger partial charge in [0.2, 0.25) is 11.7 Å². The lowest BCUT2D eigenvalue weighted by Gasteiger charge is -2.08. The normalized spacial score (nSPS) is 24.4. The van der Waals surface area contributed by atoms with Gasteiger partial charge in [0, 0.05) is 6.04 Å². The van der Waals surface area contributed by atoms with Crippen molar-refractivity contribution in [2.24, 2.45) is 0 Å². The van der Waals surface area contributed by atoms with Gasteiger partial charge in [-0.25, -0.2) is 0 Å². The Morgan fingerprint density at radius 1 is 1.47 bits per heavy atom. The molecule has 0 radical (unpaired) electrons. The predicted molar refractivity (Wildman–Crippen MR) is 61.6 cm³/mol. The van der Waals surface area contributed by atoms with Crippen LogP contribution in [0.1, 0.15) is 30.7 Å². The van der Waals surface area contributed by atoms with Crippen molar-refractivity contribution in [1.82, 2.24) is 15.5 Å². The van der Waals surface area contributed by atoms with Crippen molar-refractivity contribution < 1.29 is 8.94 Å². The van der Waals surface area contributed by atoms with Crippen molar-refractivity contribution in [3.05, 3.63) is 23.8 Å². The maximum Gasteiger partial charge on any atom is 0.238 e. The van der Waals surface area contributed by atoms with E-state index in [2.05, 4.69) is 22.4 Å². The molecule has 90 valence electrons. The fourth-order valence-electron chi connectivity index (χ4n) is 2.28. The van der Waals surface area contributed by atoms with Gasteiger partial charge in [-0.3, -0.25) is 0 Å². The Morgan fingerprint density at radius 2 is 2.35 bits per heavy atom. The molecule has 2 aromatic heterocycles. The summed E-state index contributed by atoms with van der Waals surface area (Å²) in [5.41, 5.74) is 1.02. The van der Waals surface area contributed by atoms with E-state index in [0.717, 1.165) is 18.5 Å². The molecule has 2 unspecified atom stereocenters. The Bertz CT molecular complexity index is 517. The lowest BCUT2D eigenvalue weighted by atomic mass is 10.0. The minimum atomic E-state index is 0.312. The van der Waals surface area contributed by atoms with Crippen molar-refractivity contribution >= 4 is 0 Å². The molecule has 1 aliphatic heterocycles. The SMILES string of the molecule is Cc1ccoc1-c1noc(C2CCNC2C)n1. The van der Waals surface area contributed by atoms with Crippen LogP contribution in [0, 0.1) is 6.92 Å². The van der Waals surface area contributed by atoms with Crippen LogP contribution >= 0.6 is 0 Å². The Morgan fingerprint density at radius 3 is 3.00 bits per heavy atom. The Labute approximate surface area is 99.2 Å². The molecule has 1 aliphatic rings. The van der Waals surface area contributed by atoms with Crippen molar-refractivity contribution in [1.29, 1.82) is 0 Å². The zero-order valence-corrected chi connectivity index (χ0v) is 9.93. The van der Waals surface area contributed by atoms with Crippen LogP contribution in [0.15, 0.2) is 21.3 Å². The maximum absolute atomic E-state index is 5.35. The summed E-state index contributed by atoms with van der Waals surface area (Å²) >= 11 is 0. The zero-order chi connectivity index (χ0) is 11.8. The second-order valence-electron chi connectivity index (χ2n) is 4.53. The molecular weight excluding hydrogens is 218 g/mol. The first-order chi connectivity index (χ1) is 8.25. The quantitative estimate of drug-likeness (QED) is 0.860. The molecule has 2 atom stereocenters. The molecule has 0 spiro atoms. The average Bonchev–Trinajstić information content (AvgIpc) is 2.97. The van der Waals surface area contributed by atoms with Crippen LogP contribution in [0.3, 0.4) is 0 Å². The summed E-state index contributed by atoms with van der Waals surface area (Å²) < 4.78 is 10.7. The largest absolute Gasteiger partial charge is 0.461 e. The first kappa shape index (κ1) is 10.5. The molecule has 17 heavy (non-hydrogen) atoms. The lowest BCUT2D eigenvalue weighted by molar-refractivity contribution is 0.344. The number of hydrogen-bond donors (Lipinski definition) is 1. The Kier molecular flexibility index (Phi) is 2.48. The molecule has 1 fully saturated rings. The monoisotopic (exact) mass is 233 g/mol. The highest BCUT2D eigenvalue weighted by atomic mass is 16.5. The van der Waals surface area contributed by atoms with Crippen molar-refractivity contribution in [2.45, 2.75) is 32.2 Å². The smallest absolute Gasteiger partial charge is 0.238 e. The van der Waals surface area contributed by atoms with Gasteiger partial charge in [-0.2, -0.15) is 4.98 Å². The number of hydrogen-bond acceptors (Lipinski definition) is 5. The van der Waals surface area contributed by atoms with Crippen LogP contribution in [0.25, 0.3) is 11.6 Å². The van der Waals surface area contributed by atoms with E-state index in [0.29, 0.717) is 29.4 Å². The Hall–Kier alpha value is -1.62. The number of aromatic nitrogens is 2.